The van der Waals surface area contributed by atoms with Crippen molar-refractivity contribution in [3.63, 3.8) is 0 Å². The number of para-hydroxylation sites is 2. The summed E-state index contributed by atoms with van der Waals surface area (Å²) in [6.07, 6.45) is 1.21. The van der Waals surface area contributed by atoms with Gasteiger partial charge >= 0.3 is 0 Å². The molecule has 1 atom stereocenters. The van der Waals surface area contributed by atoms with Gasteiger partial charge in [-0.05, 0) is 65.6 Å². The Morgan fingerprint density at radius 3 is 2.42 bits per heavy atom. The van der Waals surface area contributed by atoms with Gasteiger partial charge in [-0.25, -0.2) is 4.98 Å². The predicted molar refractivity (Wildman–Crippen MR) is 153 cm³/mol. The Bertz CT molecular complexity index is 1610. The molecule has 1 aromatic heterocycles. The minimum atomic E-state index is -0.238. The lowest BCUT2D eigenvalue weighted by atomic mass is 10.0. The molecule has 1 N–H and O–H groups in total. The monoisotopic (exact) mass is 524 g/mol. The molecule has 1 heterocycles. The number of carbonyl (C=O) groups excluding carboxylic acids is 2. The second-order valence-corrected chi connectivity index (χ2v) is 9.93. The third-order valence-electron chi connectivity index (χ3n) is 7.00. The molecular formula is C31H29ClN4O2. The fraction of sp³-hybridized carbons (Fsp3) is 0.194. The maximum atomic E-state index is 13.5. The molecule has 0 unspecified atom stereocenters. The summed E-state index contributed by atoms with van der Waals surface area (Å²) >= 11 is 6.09. The van der Waals surface area contributed by atoms with Crippen molar-refractivity contribution in [3.05, 3.63) is 113 Å². The summed E-state index contributed by atoms with van der Waals surface area (Å²) in [6.45, 7) is 0.398. The first-order valence-corrected chi connectivity index (χ1v) is 13.0. The predicted octanol–water partition coefficient (Wildman–Crippen LogP) is 5.88. The number of halogens is 1. The largest absolute Gasteiger partial charge is 0.349 e. The normalized spacial score (nSPS) is 12.0. The topological polar surface area (TPSA) is 67.2 Å². The van der Waals surface area contributed by atoms with Gasteiger partial charge in [-0.1, -0.05) is 66.2 Å². The molecule has 0 bridgehead atoms. The molecule has 4 aromatic carbocycles. The van der Waals surface area contributed by atoms with E-state index in [0.29, 0.717) is 35.8 Å². The maximum absolute atomic E-state index is 13.5. The van der Waals surface area contributed by atoms with Gasteiger partial charge in [0.1, 0.15) is 0 Å². The van der Waals surface area contributed by atoms with Crippen molar-refractivity contribution < 1.29 is 9.59 Å². The molecule has 6 nitrogen and oxygen atoms in total. The molecule has 0 aliphatic carbocycles. The summed E-state index contributed by atoms with van der Waals surface area (Å²) in [5, 5.41) is 5.79. The van der Waals surface area contributed by atoms with Crippen LogP contribution in [-0.2, 0) is 13.5 Å². The summed E-state index contributed by atoms with van der Waals surface area (Å²) in [5.41, 5.74) is 3.38. The van der Waals surface area contributed by atoms with E-state index in [0.717, 1.165) is 27.4 Å². The second kappa shape index (κ2) is 11.1. The number of hydrogen-bond donors (Lipinski definition) is 1. The Labute approximate surface area is 226 Å². The van der Waals surface area contributed by atoms with Crippen molar-refractivity contribution >= 4 is 45.2 Å². The number of nitrogens with one attached hydrogen (secondary N) is 1. The van der Waals surface area contributed by atoms with E-state index < -0.39 is 0 Å². The fourth-order valence-corrected chi connectivity index (χ4v) is 4.92. The number of aromatic nitrogens is 2. The molecule has 0 aliphatic rings. The van der Waals surface area contributed by atoms with Gasteiger partial charge in [-0.3, -0.25) is 9.59 Å². The first-order chi connectivity index (χ1) is 18.4. The fourth-order valence-electron chi connectivity index (χ4n) is 4.80. The number of rotatable bonds is 8. The zero-order chi connectivity index (χ0) is 26.6. The molecule has 38 heavy (non-hydrogen) atoms. The highest BCUT2D eigenvalue weighted by atomic mass is 35.5. The van der Waals surface area contributed by atoms with Crippen LogP contribution in [-0.4, -0.2) is 45.9 Å². The summed E-state index contributed by atoms with van der Waals surface area (Å²) in [4.78, 5) is 32.8. The number of aryl methyl sites for hydroxylation is 1. The third-order valence-corrected chi connectivity index (χ3v) is 7.25. The van der Waals surface area contributed by atoms with Crippen molar-refractivity contribution in [3.8, 4) is 0 Å². The van der Waals surface area contributed by atoms with Crippen LogP contribution in [0.3, 0.4) is 0 Å². The molecule has 0 saturated heterocycles. The van der Waals surface area contributed by atoms with Crippen LogP contribution in [0.15, 0.2) is 91.0 Å². The Kier molecular flexibility index (Phi) is 7.43. The lowest BCUT2D eigenvalue weighted by Crippen LogP contribution is -2.41. The van der Waals surface area contributed by atoms with Gasteiger partial charge in [0.2, 0.25) is 0 Å². The van der Waals surface area contributed by atoms with E-state index in [1.54, 1.807) is 9.47 Å². The van der Waals surface area contributed by atoms with Gasteiger partial charge in [0.05, 0.1) is 11.0 Å². The number of hydrogen-bond acceptors (Lipinski definition) is 3. The van der Waals surface area contributed by atoms with E-state index in [4.69, 9.17) is 11.6 Å². The number of benzene rings is 4. The standard InChI is InChI=1S/C31H29ClN4O2/c1-35(31(38)24-14-13-22-7-3-4-8-23(22)20-24)26(19-21-11-15-25(32)16-12-21)17-18-33-30(37)29-34-27-9-5-6-10-28(27)36(29)2/h3-16,20,26H,17-19H2,1-2H3,(H,33,37)/t26-/m1/s1. The zero-order valence-corrected chi connectivity index (χ0v) is 22.2. The number of imidazole rings is 1. The van der Waals surface area contributed by atoms with Crippen LogP contribution < -0.4 is 5.32 Å². The highest BCUT2D eigenvalue weighted by Crippen LogP contribution is 2.20. The lowest BCUT2D eigenvalue weighted by molar-refractivity contribution is 0.0723. The highest BCUT2D eigenvalue weighted by Gasteiger charge is 2.23. The van der Waals surface area contributed by atoms with Crippen LogP contribution >= 0.6 is 11.6 Å². The Balaban J connectivity index is 1.32. The van der Waals surface area contributed by atoms with Crippen LogP contribution in [0.5, 0.6) is 0 Å². The van der Waals surface area contributed by atoms with Crippen LogP contribution in [0, 0.1) is 0 Å². The quantitative estimate of drug-likeness (QED) is 0.275. The smallest absolute Gasteiger partial charge is 0.287 e. The molecule has 0 aliphatic heterocycles. The maximum Gasteiger partial charge on any atom is 0.287 e. The van der Waals surface area contributed by atoms with Crippen molar-refractivity contribution in [1.29, 1.82) is 0 Å². The van der Waals surface area contributed by atoms with Crippen molar-refractivity contribution in [2.24, 2.45) is 7.05 Å². The number of fused-ring (bicyclic) bond motifs is 2. The number of nitrogens with zero attached hydrogens (tertiary/aromatic N) is 3. The second-order valence-electron chi connectivity index (χ2n) is 9.49. The Hall–Kier alpha value is -4.16. The average molecular weight is 525 g/mol. The minimum Gasteiger partial charge on any atom is -0.349 e. The minimum absolute atomic E-state index is 0.0589. The molecule has 7 heteroatoms. The number of carbonyl (C=O) groups is 2. The van der Waals surface area contributed by atoms with Crippen LogP contribution in [0.2, 0.25) is 5.02 Å². The van der Waals surface area contributed by atoms with E-state index in [9.17, 15) is 9.59 Å². The van der Waals surface area contributed by atoms with Crippen molar-refractivity contribution in [1.82, 2.24) is 19.8 Å². The van der Waals surface area contributed by atoms with Gasteiger partial charge in [0.25, 0.3) is 11.8 Å². The molecule has 5 aromatic rings. The summed E-state index contributed by atoms with van der Waals surface area (Å²) in [7, 11) is 3.66. The molecule has 192 valence electrons. The van der Waals surface area contributed by atoms with E-state index in [1.165, 1.54) is 0 Å². The molecule has 0 fully saturated rings. The molecule has 5 rings (SSSR count). The van der Waals surface area contributed by atoms with Gasteiger partial charge in [-0.2, -0.15) is 0 Å². The van der Waals surface area contributed by atoms with Gasteiger partial charge in [-0.15, -0.1) is 0 Å². The molecular weight excluding hydrogens is 496 g/mol. The molecule has 0 radical (unpaired) electrons. The Morgan fingerprint density at radius 2 is 1.66 bits per heavy atom. The van der Waals surface area contributed by atoms with E-state index in [1.807, 2.05) is 105 Å². The third kappa shape index (κ3) is 5.41. The van der Waals surface area contributed by atoms with Crippen LogP contribution in [0.25, 0.3) is 21.8 Å². The van der Waals surface area contributed by atoms with Crippen molar-refractivity contribution in [2.75, 3.05) is 13.6 Å². The van der Waals surface area contributed by atoms with Gasteiger partial charge in [0, 0.05) is 37.3 Å². The summed E-state index contributed by atoms with van der Waals surface area (Å²) in [6, 6.07) is 28.9. The highest BCUT2D eigenvalue weighted by molar-refractivity contribution is 6.30. The zero-order valence-electron chi connectivity index (χ0n) is 21.4. The SMILES string of the molecule is CN(C(=O)c1ccc2ccccc2c1)[C@H](CCNC(=O)c1nc2ccccc2n1C)Cc1ccc(Cl)cc1. The average Bonchev–Trinajstić information content (AvgIpc) is 3.29. The molecule has 0 saturated carbocycles. The van der Waals surface area contributed by atoms with Crippen LogP contribution in [0.1, 0.15) is 33.0 Å². The van der Waals surface area contributed by atoms with Gasteiger partial charge in [0.15, 0.2) is 5.82 Å². The van der Waals surface area contributed by atoms with E-state index in [-0.39, 0.29) is 17.9 Å². The molecule has 0 spiro atoms. The van der Waals surface area contributed by atoms with Gasteiger partial charge < -0.3 is 14.8 Å². The van der Waals surface area contributed by atoms with Crippen molar-refractivity contribution in [2.45, 2.75) is 18.9 Å². The van der Waals surface area contributed by atoms with E-state index >= 15 is 0 Å². The first-order valence-electron chi connectivity index (χ1n) is 12.6. The van der Waals surface area contributed by atoms with E-state index in [2.05, 4.69) is 10.3 Å². The first kappa shape index (κ1) is 25.5. The Morgan fingerprint density at radius 1 is 0.947 bits per heavy atom. The summed E-state index contributed by atoms with van der Waals surface area (Å²) < 4.78 is 1.80. The van der Waals surface area contributed by atoms with Crippen LogP contribution in [0.4, 0.5) is 0 Å². The summed E-state index contributed by atoms with van der Waals surface area (Å²) in [5.74, 6) is 0.0647. The number of likely N-dealkylation sites (N-methyl/N-ethyl adjacent to an activating group) is 1. The lowest BCUT2D eigenvalue weighted by Gasteiger charge is -2.29. The molecule has 2 amide bonds. The number of amides is 2.